The molecule has 4 rings (SSSR count). The van der Waals surface area contributed by atoms with Crippen LogP contribution in [-0.4, -0.2) is 29.8 Å². The zero-order valence-corrected chi connectivity index (χ0v) is 16.8. The minimum Gasteiger partial charge on any atom is -0.302 e. The van der Waals surface area contributed by atoms with Crippen molar-refractivity contribution >= 4 is 22.7 Å². The molecular formula is C20H19FN6OS. The number of thioether (sulfide) groups is 1. The Morgan fingerprint density at radius 3 is 2.59 bits per heavy atom. The molecule has 0 aliphatic heterocycles. The molecule has 0 saturated heterocycles. The molecule has 0 fully saturated rings. The molecule has 0 amide bonds. The topological polar surface area (TPSA) is 78.5 Å². The molecule has 0 N–H and O–H groups in total. The molecular weight excluding hydrogens is 391 g/mol. The number of nitrogens with zero attached hydrogens (tertiary/aromatic N) is 6. The van der Waals surface area contributed by atoms with Crippen molar-refractivity contribution in [2.45, 2.75) is 31.4 Å². The molecule has 2 aromatic carbocycles. The largest absolute Gasteiger partial charge is 0.302 e. The smallest absolute Gasteiger partial charge is 0.278 e. The van der Waals surface area contributed by atoms with Gasteiger partial charge in [-0.2, -0.15) is 4.68 Å². The van der Waals surface area contributed by atoms with Gasteiger partial charge in [-0.05, 0) is 30.2 Å². The van der Waals surface area contributed by atoms with E-state index in [1.807, 2.05) is 10.6 Å². The predicted octanol–water partition coefficient (Wildman–Crippen LogP) is 3.59. The van der Waals surface area contributed by atoms with Gasteiger partial charge in [-0.25, -0.2) is 4.39 Å². The van der Waals surface area contributed by atoms with Gasteiger partial charge in [-0.3, -0.25) is 4.79 Å². The van der Waals surface area contributed by atoms with E-state index in [9.17, 15) is 9.18 Å². The van der Waals surface area contributed by atoms with E-state index in [0.717, 1.165) is 0 Å². The zero-order chi connectivity index (χ0) is 20.4. The molecule has 0 atom stereocenters. The molecule has 2 aromatic heterocycles. The first-order valence-corrected chi connectivity index (χ1v) is 10.2. The lowest BCUT2D eigenvalue weighted by Gasteiger charge is -2.13. The first-order chi connectivity index (χ1) is 14.0. The van der Waals surface area contributed by atoms with Crippen molar-refractivity contribution in [1.82, 2.24) is 29.8 Å². The van der Waals surface area contributed by atoms with Gasteiger partial charge in [0.1, 0.15) is 11.3 Å². The van der Waals surface area contributed by atoms with E-state index in [4.69, 9.17) is 0 Å². The summed E-state index contributed by atoms with van der Waals surface area (Å²) in [6, 6.07) is 13.6. The Labute approximate surface area is 170 Å². The summed E-state index contributed by atoms with van der Waals surface area (Å²) in [5, 5.41) is 17.7. The Bertz CT molecular complexity index is 1220. The number of rotatable bonds is 6. The van der Waals surface area contributed by atoms with E-state index < -0.39 is 0 Å². The average Bonchev–Trinajstić information content (AvgIpc) is 3.10. The first-order valence-electron chi connectivity index (χ1n) is 9.18. The van der Waals surface area contributed by atoms with E-state index in [-0.39, 0.29) is 17.3 Å². The molecule has 0 aliphatic carbocycles. The molecule has 0 aliphatic rings. The van der Waals surface area contributed by atoms with E-state index in [0.29, 0.717) is 39.9 Å². The van der Waals surface area contributed by atoms with Gasteiger partial charge in [-0.1, -0.05) is 55.1 Å². The van der Waals surface area contributed by atoms with Crippen LogP contribution in [0.15, 0.2) is 58.5 Å². The van der Waals surface area contributed by atoms with Crippen molar-refractivity contribution in [3.05, 3.63) is 64.7 Å². The average molecular weight is 410 g/mol. The summed E-state index contributed by atoms with van der Waals surface area (Å²) >= 11 is 1.31. The quantitative estimate of drug-likeness (QED) is 0.452. The highest BCUT2D eigenvalue weighted by molar-refractivity contribution is 7.98. The summed E-state index contributed by atoms with van der Waals surface area (Å²) in [6.45, 7) is 4.76. The third-order valence-electron chi connectivity index (χ3n) is 4.32. The lowest BCUT2D eigenvalue weighted by Crippen LogP contribution is -2.23. The first kappa shape index (κ1) is 19.3. The van der Waals surface area contributed by atoms with Gasteiger partial charge >= 0.3 is 0 Å². The molecule has 2 heterocycles. The second-order valence-corrected chi connectivity index (χ2v) is 7.89. The van der Waals surface area contributed by atoms with Crippen molar-refractivity contribution in [3.8, 4) is 11.4 Å². The van der Waals surface area contributed by atoms with Crippen LogP contribution in [0.1, 0.15) is 13.8 Å². The molecule has 7 nitrogen and oxygen atoms in total. The highest BCUT2D eigenvalue weighted by atomic mass is 32.2. The number of hydrogen-bond donors (Lipinski definition) is 0. The zero-order valence-electron chi connectivity index (χ0n) is 16.0. The number of halogens is 1. The summed E-state index contributed by atoms with van der Waals surface area (Å²) in [4.78, 5) is 12.6. The van der Waals surface area contributed by atoms with E-state index in [1.165, 1.54) is 22.5 Å². The number of benzene rings is 2. The second kappa shape index (κ2) is 8.12. The number of fused-ring (bicyclic) bond motifs is 1. The molecule has 0 bridgehead atoms. The normalized spacial score (nSPS) is 11.4. The highest BCUT2D eigenvalue weighted by Crippen LogP contribution is 2.27. The third-order valence-corrected chi connectivity index (χ3v) is 5.26. The molecule has 29 heavy (non-hydrogen) atoms. The van der Waals surface area contributed by atoms with Gasteiger partial charge in [0.25, 0.3) is 5.56 Å². The maximum Gasteiger partial charge on any atom is 0.278 e. The van der Waals surface area contributed by atoms with Gasteiger partial charge in [0, 0.05) is 6.54 Å². The van der Waals surface area contributed by atoms with Gasteiger partial charge in [0.05, 0.1) is 16.8 Å². The minimum absolute atomic E-state index is 0.215. The Kier molecular flexibility index (Phi) is 5.39. The fourth-order valence-corrected chi connectivity index (χ4v) is 3.82. The summed E-state index contributed by atoms with van der Waals surface area (Å²) in [7, 11) is 0. The van der Waals surface area contributed by atoms with E-state index in [2.05, 4.69) is 34.4 Å². The molecule has 0 spiro atoms. The summed E-state index contributed by atoms with van der Waals surface area (Å²) in [5.41, 5.74) is 0.742. The van der Waals surface area contributed by atoms with Crippen LogP contribution >= 0.6 is 11.8 Å². The van der Waals surface area contributed by atoms with Crippen molar-refractivity contribution in [1.29, 1.82) is 0 Å². The second-order valence-electron chi connectivity index (χ2n) is 6.98. The molecule has 4 aromatic rings. The van der Waals surface area contributed by atoms with Crippen LogP contribution in [0.5, 0.6) is 0 Å². The Morgan fingerprint density at radius 1 is 1.03 bits per heavy atom. The Balaban J connectivity index is 1.67. The van der Waals surface area contributed by atoms with Crippen LogP contribution in [0.4, 0.5) is 4.39 Å². The molecule has 9 heteroatoms. The van der Waals surface area contributed by atoms with Crippen LogP contribution < -0.4 is 5.56 Å². The maximum absolute atomic E-state index is 14.3. The van der Waals surface area contributed by atoms with Gasteiger partial charge in [-0.15, -0.1) is 15.3 Å². The number of hydrogen-bond acceptors (Lipinski definition) is 6. The lowest BCUT2D eigenvalue weighted by atomic mass is 10.2. The molecule has 0 saturated carbocycles. The van der Waals surface area contributed by atoms with Crippen LogP contribution in [0.3, 0.4) is 0 Å². The predicted molar refractivity (Wildman–Crippen MR) is 110 cm³/mol. The van der Waals surface area contributed by atoms with Crippen molar-refractivity contribution in [2.75, 3.05) is 0 Å². The Hall–Kier alpha value is -3.07. The van der Waals surface area contributed by atoms with Crippen molar-refractivity contribution in [3.63, 3.8) is 0 Å². The van der Waals surface area contributed by atoms with E-state index in [1.54, 1.807) is 36.4 Å². The highest BCUT2D eigenvalue weighted by Gasteiger charge is 2.18. The van der Waals surface area contributed by atoms with Crippen LogP contribution in [0.2, 0.25) is 0 Å². The lowest BCUT2D eigenvalue weighted by molar-refractivity contribution is 0.496. The standard InChI is InChI=1S/C20H19FN6OS/c1-13(2)11-26-18(14-7-3-5-9-16(14)21)23-24-20(26)29-12-27-19(28)15-8-4-6-10-17(15)22-25-27/h3-10,13H,11-12H2,1-2H3. The van der Waals surface area contributed by atoms with Crippen molar-refractivity contribution < 1.29 is 4.39 Å². The SMILES string of the molecule is CC(C)Cn1c(SCn2nnc3ccccc3c2=O)nnc1-c1ccccc1F. The van der Waals surface area contributed by atoms with Crippen LogP contribution in [-0.2, 0) is 12.4 Å². The fraction of sp³-hybridized carbons (Fsp3) is 0.250. The Morgan fingerprint density at radius 2 is 1.79 bits per heavy atom. The van der Waals surface area contributed by atoms with Gasteiger partial charge in [0.2, 0.25) is 0 Å². The monoisotopic (exact) mass is 410 g/mol. The molecule has 0 radical (unpaired) electrons. The van der Waals surface area contributed by atoms with E-state index >= 15 is 0 Å². The van der Waals surface area contributed by atoms with Crippen molar-refractivity contribution in [2.24, 2.45) is 5.92 Å². The van der Waals surface area contributed by atoms with Gasteiger partial charge in [0.15, 0.2) is 11.0 Å². The molecule has 0 unspecified atom stereocenters. The summed E-state index contributed by atoms with van der Waals surface area (Å²) < 4.78 is 17.5. The summed E-state index contributed by atoms with van der Waals surface area (Å²) in [5.74, 6) is 0.651. The maximum atomic E-state index is 14.3. The third kappa shape index (κ3) is 3.91. The number of aromatic nitrogens is 6. The molecule has 148 valence electrons. The van der Waals surface area contributed by atoms with Crippen LogP contribution in [0, 0.1) is 11.7 Å². The summed E-state index contributed by atoms with van der Waals surface area (Å²) in [6.07, 6.45) is 0. The van der Waals surface area contributed by atoms with Gasteiger partial charge < -0.3 is 4.57 Å². The fourth-order valence-electron chi connectivity index (χ4n) is 2.99. The van der Waals surface area contributed by atoms with Crippen LogP contribution in [0.25, 0.3) is 22.3 Å². The minimum atomic E-state index is -0.349.